The average Bonchev–Trinajstić information content (AvgIpc) is 2.88. The van der Waals surface area contributed by atoms with Gasteiger partial charge in [-0.05, 0) is 53.4 Å². The zero-order chi connectivity index (χ0) is 28.6. The van der Waals surface area contributed by atoms with Gasteiger partial charge in [-0.25, -0.2) is 14.4 Å². The lowest BCUT2D eigenvalue weighted by Crippen LogP contribution is -2.38. The predicted octanol–water partition coefficient (Wildman–Crippen LogP) is 7.04. The second kappa shape index (κ2) is 13.1. The largest absolute Gasteiger partial charge is 0.573 e. The van der Waals surface area contributed by atoms with Crippen molar-refractivity contribution in [3.05, 3.63) is 89.2 Å². The highest BCUT2D eigenvalue weighted by atomic mass is 32.2. The lowest BCUT2D eigenvalue weighted by atomic mass is 10.0. The van der Waals surface area contributed by atoms with E-state index < -0.39 is 6.36 Å². The molecule has 39 heavy (non-hydrogen) atoms. The third-order valence-electron chi connectivity index (χ3n) is 5.33. The molecule has 1 fully saturated rings. The zero-order valence-electron chi connectivity index (χ0n) is 21.0. The smallest absolute Gasteiger partial charge is 0.406 e. The van der Waals surface area contributed by atoms with E-state index in [-0.39, 0.29) is 17.4 Å². The Morgan fingerprint density at radius 3 is 2.26 bits per heavy atom. The van der Waals surface area contributed by atoms with Gasteiger partial charge in [0, 0.05) is 11.8 Å². The number of thioether (sulfide) groups is 1. The highest BCUT2D eigenvalue weighted by molar-refractivity contribution is 8.16. The molecule has 0 atom stereocenters. The Morgan fingerprint density at radius 2 is 1.74 bits per heavy atom. The number of anilines is 1. The third-order valence-corrected chi connectivity index (χ3v) is 6.21. The fourth-order valence-electron chi connectivity index (χ4n) is 3.33. The van der Waals surface area contributed by atoms with E-state index in [0.29, 0.717) is 22.3 Å². The van der Waals surface area contributed by atoms with E-state index in [1.54, 1.807) is 24.3 Å². The molecule has 7 nitrogen and oxygen atoms in total. The van der Waals surface area contributed by atoms with Crippen LogP contribution in [0.25, 0.3) is 0 Å². The standard InChI is InChI=1S/C16H13F3N4O.C11H13FN2S/c17-16(18,19)24-14-7-5-13(6-8-14)22-10-23-15(21)12-3-1-11(9-20)2-4-12;1-7(2)9-4-3-8(12)5-10(9)14-6-15-11(14)13/h1-10,20H,(H2,21,22,23);3-5,7,13H,6H2,1-2H3. The molecule has 4 N–H and O–H groups in total. The number of hydrogen-bond donors (Lipinski definition) is 3. The van der Waals surface area contributed by atoms with E-state index in [1.807, 2.05) is 11.0 Å². The van der Waals surface area contributed by atoms with E-state index in [2.05, 4.69) is 28.6 Å². The van der Waals surface area contributed by atoms with Gasteiger partial charge in [0.2, 0.25) is 0 Å². The number of nitrogens with one attached hydrogen (secondary N) is 2. The fourth-order valence-corrected chi connectivity index (χ4v) is 3.95. The number of halogens is 4. The Labute approximate surface area is 227 Å². The summed E-state index contributed by atoms with van der Waals surface area (Å²) in [5, 5.41) is 15.2. The number of aliphatic imine (C=N–C) groups is 2. The van der Waals surface area contributed by atoms with Gasteiger partial charge in [0.1, 0.15) is 23.7 Å². The van der Waals surface area contributed by atoms with E-state index >= 15 is 0 Å². The molecule has 1 heterocycles. The van der Waals surface area contributed by atoms with Gasteiger partial charge < -0.3 is 20.8 Å². The molecule has 0 spiro atoms. The van der Waals surface area contributed by atoms with Crippen LogP contribution in [0, 0.1) is 16.6 Å². The van der Waals surface area contributed by atoms with Crippen LogP contribution < -0.4 is 15.4 Å². The van der Waals surface area contributed by atoms with Crippen molar-refractivity contribution in [1.29, 1.82) is 10.8 Å². The molecule has 0 amide bonds. The van der Waals surface area contributed by atoms with Crippen LogP contribution in [0.3, 0.4) is 0 Å². The maximum absolute atomic E-state index is 13.2. The second-order valence-electron chi connectivity index (χ2n) is 8.43. The molecule has 0 aliphatic carbocycles. The topological polar surface area (TPSA) is 111 Å². The van der Waals surface area contributed by atoms with Crippen molar-refractivity contribution in [1.82, 2.24) is 0 Å². The summed E-state index contributed by atoms with van der Waals surface area (Å²) >= 11 is 1.48. The van der Waals surface area contributed by atoms with Crippen LogP contribution in [0.2, 0.25) is 0 Å². The summed E-state index contributed by atoms with van der Waals surface area (Å²) in [5.74, 6) is 0.767. The second-order valence-corrected chi connectivity index (χ2v) is 9.36. The molecule has 204 valence electrons. The minimum atomic E-state index is -4.73. The minimum absolute atomic E-state index is 0.229. The first-order valence-corrected chi connectivity index (χ1v) is 12.6. The van der Waals surface area contributed by atoms with Crippen molar-refractivity contribution in [2.75, 3.05) is 10.8 Å². The average molecular weight is 559 g/mol. The highest BCUT2D eigenvalue weighted by Crippen LogP contribution is 2.35. The molecule has 1 aliphatic heterocycles. The molecule has 0 radical (unpaired) electrons. The molecular formula is C27H26F4N6OS. The maximum atomic E-state index is 13.2. The summed E-state index contributed by atoms with van der Waals surface area (Å²) in [6.45, 7) is 4.15. The van der Waals surface area contributed by atoms with Crippen molar-refractivity contribution in [2.24, 2.45) is 15.7 Å². The molecule has 4 rings (SSSR count). The van der Waals surface area contributed by atoms with Crippen molar-refractivity contribution in [3.63, 3.8) is 0 Å². The first-order chi connectivity index (χ1) is 18.5. The Bertz CT molecular complexity index is 1360. The van der Waals surface area contributed by atoms with Gasteiger partial charge in [0.05, 0.1) is 17.3 Å². The monoisotopic (exact) mass is 558 g/mol. The normalized spacial score (nSPS) is 13.7. The van der Waals surface area contributed by atoms with E-state index in [0.717, 1.165) is 34.8 Å². The van der Waals surface area contributed by atoms with Gasteiger partial charge in [-0.1, -0.05) is 55.9 Å². The van der Waals surface area contributed by atoms with Gasteiger partial charge in [0.25, 0.3) is 0 Å². The van der Waals surface area contributed by atoms with E-state index in [9.17, 15) is 17.6 Å². The summed E-state index contributed by atoms with van der Waals surface area (Å²) in [4.78, 5) is 9.78. The van der Waals surface area contributed by atoms with Crippen molar-refractivity contribution in [2.45, 2.75) is 26.1 Å². The number of ether oxygens (including phenoxy) is 1. The molecule has 0 unspecified atom stereocenters. The number of alkyl halides is 3. The van der Waals surface area contributed by atoms with Gasteiger partial charge in [-0.15, -0.1) is 13.2 Å². The molecule has 1 aliphatic rings. The number of rotatable bonds is 7. The first kappa shape index (κ1) is 29.4. The predicted molar refractivity (Wildman–Crippen MR) is 149 cm³/mol. The van der Waals surface area contributed by atoms with Gasteiger partial charge in [-0.2, -0.15) is 0 Å². The van der Waals surface area contributed by atoms with Crippen molar-refractivity contribution < 1.29 is 22.3 Å². The lowest BCUT2D eigenvalue weighted by Gasteiger charge is -2.34. The maximum Gasteiger partial charge on any atom is 0.573 e. The number of amidine groups is 2. The Balaban J connectivity index is 0.000000239. The Hall–Kier alpha value is -4.19. The number of nitrogens with two attached hydrogens (primary N) is 1. The fraction of sp³-hybridized carbons (Fsp3) is 0.185. The molecule has 0 bridgehead atoms. The van der Waals surface area contributed by atoms with Crippen LogP contribution in [-0.2, 0) is 0 Å². The van der Waals surface area contributed by atoms with E-state index in [1.165, 1.54) is 48.6 Å². The zero-order valence-corrected chi connectivity index (χ0v) is 21.9. The van der Waals surface area contributed by atoms with E-state index in [4.69, 9.17) is 16.6 Å². The van der Waals surface area contributed by atoms with Gasteiger partial charge >= 0.3 is 6.36 Å². The summed E-state index contributed by atoms with van der Waals surface area (Å²) in [6, 6.07) is 16.7. The quantitative estimate of drug-likeness (QED) is 0.164. The van der Waals surface area contributed by atoms with Gasteiger partial charge in [-0.3, -0.25) is 5.41 Å². The molecule has 12 heteroatoms. The van der Waals surface area contributed by atoms with Crippen molar-refractivity contribution in [3.8, 4) is 5.75 Å². The summed E-state index contributed by atoms with van der Waals surface area (Å²) in [7, 11) is 0. The van der Waals surface area contributed by atoms with Crippen LogP contribution in [0.15, 0.2) is 76.7 Å². The summed E-state index contributed by atoms with van der Waals surface area (Å²) < 4.78 is 53.1. The lowest BCUT2D eigenvalue weighted by molar-refractivity contribution is -0.274. The highest BCUT2D eigenvalue weighted by Gasteiger charge is 2.31. The molecule has 0 saturated carbocycles. The molecular weight excluding hydrogens is 532 g/mol. The molecule has 3 aromatic rings. The SMILES string of the molecule is CC(C)c1ccc(F)cc1N1CSC1=N.N=Cc1ccc(C(N)=NC=Nc2ccc(OC(F)(F)F)cc2)cc1. The Kier molecular flexibility index (Phi) is 9.83. The number of benzene rings is 3. The van der Waals surface area contributed by atoms with Crippen LogP contribution in [0.4, 0.5) is 28.9 Å². The van der Waals surface area contributed by atoms with Crippen molar-refractivity contribution >= 4 is 46.7 Å². The molecule has 1 saturated heterocycles. The number of hydrogen-bond acceptors (Lipinski definition) is 5. The summed E-state index contributed by atoms with van der Waals surface area (Å²) in [5.41, 5.74) is 9.55. The van der Waals surface area contributed by atoms with Crippen LogP contribution in [-0.4, -0.2) is 35.8 Å². The number of nitrogens with zero attached hydrogens (tertiary/aromatic N) is 3. The third kappa shape index (κ3) is 8.67. The van der Waals surface area contributed by atoms with Crippen LogP contribution in [0.1, 0.15) is 36.5 Å². The van der Waals surface area contributed by atoms with Gasteiger partial charge in [0.15, 0.2) is 5.17 Å². The molecule has 3 aromatic carbocycles. The van der Waals surface area contributed by atoms with Crippen LogP contribution >= 0.6 is 11.8 Å². The summed E-state index contributed by atoms with van der Waals surface area (Å²) in [6.07, 6.45) is -2.30. The Morgan fingerprint density at radius 1 is 1.08 bits per heavy atom. The first-order valence-electron chi connectivity index (χ1n) is 11.6. The minimum Gasteiger partial charge on any atom is -0.406 e. The van der Waals surface area contributed by atoms with Crippen LogP contribution in [0.5, 0.6) is 5.75 Å². The molecule has 0 aromatic heterocycles.